The van der Waals surface area contributed by atoms with Gasteiger partial charge >= 0.3 is 11.9 Å². The number of hydrogen-bond acceptors (Lipinski definition) is 4. The third-order valence-electron chi connectivity index (χ3n) is 3.99. The first kappa shape index (κ1) is 17.0. The molecule has 0 bridgehead atoms. The van der Waals surface area contributed by atoms with E-state index in [1.807, 2.05) is 0 Å². The zero-order valence-electron chi connectivity index (χ0n) is 13.2. The van der Waals surface area contributed by atoms with Crippen molar-refractivity contribution < 1.29 is 24.2 Å². The number of cyclic esters (lactones) is 1. The largest absolute Gasteiger partial charge is 0.478 e. The number of halogens is 1. The number of fused-ring (bicyclic) bond motifs is 1. The number of carboxylic acid groups (broad SMARTS) is 1. The molecule has 6 nitrogen and oxygen atoms in total. The number of esters is 1. The molecule has 0 fully saturated rings. The predicted octanol–water partition coefficient (Wildman–Crippen LogP) is 3.07. The highest BCUT2D eigenvalue weighted by Crippen LogP contribution is 2.26. The first-order valence-corrected chi connectivity index (χ1v) is 7.88. The smallest absolute Gasteiger partial charge is 0.339 e. The van der Waals surface area contributed by atoms with Crippen molar-refractivity contribution in [3.8, 4) is 0 Å². The van der Waals surface area contributed by atoms with E-state index in [0.29, 0.717) is 21.7 Å². The molecule has 2 aromatic rings. The van der Waals surface area contributed by atoms with Crippen molar-refractivity contribution in [3.63, 3.8) is 0 Å². The number of carboxylic acids is 1. The number of para-hydroxylation sites is 1. The second kappa shape index (κ2) is 6.57. The minimum atomic E-state index is -1.15. The van der Waals surface area contributed by atoms with Crippen LogP contribution in [-0.2, 0) is 16.0 Å². The molecule has 2 N–H and O–H groups in total. The monoisotopic (exact) mass is 359 g/mol. The number of carbonyl (C=O) groups is 3. The Hall–Kier alpha value is -2.86. The summed E-state index contributed by atoms with van der Waals surface area (Å²) in [6, 6.07) is 9.49. The fraction of sp³-hybridized carbons (Fsp3) is 0.167. The summed E-state index contributed by atoms with van der Waals surface area (Å²) >= 11 is 5.87. The van der Waals surface area contributed by atoms with Crippen LogP contribution in [0.4, 0.5) is 5.69 Å². The molecule has 1 atom stereocenters. The van der Waals surface area contributed by atoms with Crippen molar-refractivity contribution in [1.82, 2.24) is 0 Å². The van der Waals surface area contributed by atoms with Gasteiger partial charge in [-0.2, -0.15) is 0 Å². The van der Waals surface area contributed by atoms with E-state index in [2.05, 4.69) is 5.32 Å². The third kappa shape index (κ3) is 3.34. The zero-order chi connectivity index (χ0) is 18.1. The van der Waals surface area contributed by atoms with Crippen LogP contribution in [0.5, 0.6) is 0 Å². The molecule has 0 unspecified atom stereocenters. The van der Waals surface area contributed by atoms with Gasteiger partial charge in [0.25, 0.3) is 5.91 Å². The topological polar surface area (TPSA) is 92.7 Å². The number of amides is 1. The average Bonchev–Trinajstić information content (AvgIpc) is 2.56. The summed E-state index contributed by atoms with van der Waals surface area (Å²) in [5.74, 6) is -2.36. The molecule has 1 amide bonds. The van der Waals surface area contributed by atoms with Crippen molar-refractivity contribution in [2.45, 2.75) is 19.4 Å². The van der Waals surface area contributed by atoms with Crippen LogP contribution >= 0.6 is 11.6 Å². The van der Waals surface area contributed by atoms with Gasteiger partial charge in [-0.15, -0.1) is 0 Å². The number of aryl methyl sites for hydroxylation is 1. The summed E-state index contributed by atoms with van der Waals surface area (Å²) in [4.78, 5) is 35.9. The summed E-state index contributed by atoms with van der Waals surface area (Å²) in [5, 5.41) is 12.2. The number of aromatic carboxylic acids is 1. The maximum absolute atomic E-state index is 12.5. The number of benzene rings is 2. The lowest BCUT2D eigenvalue weighted by molar-refractivity contribution is -0.125. The summed E-state index contributed by atoms with van der Waals surface area (Å²) in [7, 11) is 0. The molecular weight excluding hydrogens is 346 g/mol. The van der Waals surface area contributed by atoms with E-state index in [-0.39, 0.29) is 17.7 Å². The van der Waals surface area contributed by atoms with Crippen LogP contribution in [0, 0.1) is 6.92 Å². The Kier molecular flexibility index (Phi) is 4.46. The van der Waals surface area contributed by atoms with Gasteiger partial charge in [-0.1, -0.05) is 29.8 Å². The van der Waals surface area contributed by atoms with E-state index in [0.717, 1.165) is 0 Å². The maximum atomic E-state index is 12.5. The highest BCUT2D eigenvalue weighted by Gasteiger charge is 2.32. The SMILES string of the molecule is Cc1cccc(C(=O)O)c1NC(=O)[C@H]1Cc2ccc(Cl)cc2C(=O)O1. The van der Waals surface area contributed by atoms with Crippen molar-refractivity contribution in [2.24, 2.45) is 0 Å². The van der Waals surface area contributed by atoms with Crippen molar-refractivity contribution in [3.05, 3.63) is 63.7 Å². The first-order valence-electron chi connectivity index (χ1n) is 7.50. The third-order valence-corrected chi connectivity index (χ3v) is 4.23. The Balaban J connectivity index is 1.85. The molecule has 128 valence electrons. The average molecular weight is 360 g/mol. The van der Waals surface area contributed by atoms with Crippen LogP contribution in [0.3, 0.4) is 0 Å². The molecule has 0 aromatic heterocycles. The Bertz CT molecular complexity index is 893. The Morgan fingerprint density at radius 1 is 1.28 bits per heavy atom. The maximum Gasteiger partial charge on any atom is 0.339 e. The summed E-state index contributed by atoms with van der Waals surface area (Å²) in [6.45, 7) is 1.69. The van der Waals surface area contributed by atoms with Gasteiger partial charge in [0.2, 0.25) is 0 Å². The van der Waals surface area contributed by atoms with Crippen LogP contribution in [0.2, 0.25) is 5.02 Å². The number of hydrogen-bond donors (Lipinski definition) is 2. The van der Waals surface area contributed by atoms with Crippen LogP contribution in [0.1, 0.15) is 31.8 Å². The normalized spacial score (nSPS) is 15.9. The van der Waals surface area contributed by atoms with E-state index in [4.69, 9.17) is 16.3 Å². The second-order valence-corrected chi connectivity index (χ2v) is 6.13. The number of anilines is 1. The molecule has 25 heavy (non-hydrogen) atoms. The molecule has 2 aromatic carbocycles. The van der Waals surface area contributed by atoms with Crippen LogP contribution in [-0.4, -0.2) is 29.1 Å². The molecule has 3 rings (SSSR count). The lowest BCUT2D eigenvalue weighted by atomic mass is 9.98. The molecule has 7 heteroatoms. The predicted molar refractivity (Wildman–Crippen MR) is 91.1 cm³/mol. The van der Waals surface area contributed by atoms with Crippen LogP contribution < -0.4 is 5.32 Å². The van der Waals surface area contributed by atoms with E-state index in [9.17, 15) is 19.5 Å². The Labute approximate surface area is 148 Å². The molecule has 0 saturated carbocycles. The van der Waals surface area contributed by atoms with Gasteiger partial charge in [-0.25, -0.2) is 9.59 Å². The standard InChI is InChI=1S/C18H14ClNO5/c1-9-3-2-4-12(17(22)23)15(9)20-16(21)14-7-10-5-6-11(19)8-13(10)18(24)25-14/h2-6,8,14H,7H2,1H3,(H,20,21)(H,22,23)/t14-/m1/s1. The molecular formula is C18H14ClNO5. The van der Waals surface area contributed by atoms with Crippen molar-refractivity contribution in [2.75, 3.05) is 5.32 Å². The van der Waals surface area contributed by atoms with E-state index in [1.165, 1.54) is 12.1 Å². The quantitative estimate of drug-likeness (QED) is 0.821. The minimum Gasteiger partial charge on any atom is -0.478 e. The minimum absolute atomic E-state index is 0.0253. The van der Waals surface area contributed by atoms with E-state index >= 15 is 0 Å². The molecule has 0 radical (unpaired) electrons. The van der Waals surface area contributed by atoms with E-state index in [1.54, 1.807) is 31.2 Å². The highest BCUT2D eigenvalue weighted by atomic mass is 35.5. The van der Waals surface area contributed by atoms with Crippen molar-refractivity contribution >= 4 is 35.1 Å². The first-order chi connectivity index (χ1) is 11.9. The number of nitrogens with one attached hydrogen (secondary N) is 1. The fourth-order valence-corrected chi connectivity index (χ4v) is 2.88. The summed E-state index contributed by atoms with van der Waals surface area (Å²) in [6.07, 6.45) is -0.847. The Morgan fingerprint density at radius 3 is 2.76 bits per heavy atom. The van der Waals surface area contributed by atoms with Gasteiger partial charge < -0.3 is 15.2 Å². The highest BCUT2D eigenvalue weighted by molar-refractivity contribution is 6.31. The lowest BCUT2D eigenvalue weighted by Crippen LogP contribution is -2.38. The van der Waals surface area contributed by atoms with Crippen LogP contribution in [0.25, 0.3) is 0 Å². The molecule has 0 aliphatic carbocycles. The fourth-order valence-electron chi connectivity index (χ4n) is 2.71. The molecule has 1 aliphatic heterocycles. The molecule has 0 saturated heterocycles. The van der Waals surface area contributed by atoms with Gasteiger partial charge in [0.15, 0.2) is 6.10 Å². The van der Waals surface area contributed by atoms with Gasteiger partial charge in [-0.3, -0.25) is 4.79 Å². The molecule has 1 aliphatic rings. The summed E-state index contributed by atoms with van der Waals surface area (Å²) < 4.78 is 5.18. The zero-order valence-corrected chi connectivity index (χ0v) is 14.0. The van der Waals surface area contributed by atoms with Gasteiger partial charge in [-0.05, 0) is 36.2 Å². The summed E-state index contributed by atoms with van der Waals surface area (Å²) in [5.41, 5.74) is 1.76. The number of carbonyl (C=O) groups excluding carboxylic acids is 2. The van der Waals surface area contributed by atoms with Crippen LogP contribution in [0.15, 0.2) is 36.4 Å². The van der Waals surface area contributed by atoms with Gasteiger partial charge in [0.05, 0.1) is 16.8 Å². The second-order valence-electron chi connectivity index (χ2n) is 5.69. The lowest BCUT2D eigenvalue weighted by Gasteiger charge is -2.24. The van der Waals surface area contributed by atoms with Gasteiger partial charge in [0.1, 0.15) is 0 Å². The Morgan fingerprint density at radius 2 is 2.04 bits per heavy atom. The number of ether oxygens (including phenoxy) is 1. The molecule has 0 spiro atoms. The number of rotatable bonds is 3. The molecule has 1 heterocycles. The van der Waals surface area contributed by atoms with Crippen molar-refractivity contribution in [1.29, 1.82) is 0 Å². The van der Waals surface area contributed by atoms with Gasteiger partial charge in [0, 0.05) is 11.4 Å². The van der Waals surface area contributed by atoms with E-state index < -0.39 is 23.9 Å².